The highest BCUT2D eigenvalue weighted by atomic mass is 16.6. The van der Waals surface area contributed by atoms with Gasteiger partial charge in [0.15, 0.2) is 0 Å². The molecule has 0 heterocycles. The Morgan fingerprint density at radius 2 is 1.25 bits per heavy atom. The lowest BCUT2D eigenvalue weighted by atomic mass is 10.2. The number of aliphatic hydroxyl groups is 1. The molecule has 3 N–H and O–H groups in total. The fourth-order valence-electron chi connectivity index (χ4n) is 2.22. The molecule has 28 heavy (non-hydrogen) atoms. The normalized spacial score (nSPS) is 10.4. The molecule has 11 heteroatoms. The lowest BCUT2D eigenvalue weighted by Crippen LogP contribution is -2.40. The second kappa shape index (κ2) is 9.19. The summed E-state index contributed by atoms with van der Waals surface area (Å²) in [6, 6.07) is 10.2. The largest absolute Gasteiger partial charge is 0.389 e. The molecule has 0 saturated carbocycles. The summed E-state index contributed by atoms with van der Waals surface area (Å²) in [6.07, 6.45) is -1.13. The number of nitrogens with zero attached hydrogens (tertiary/aromatic N) is 2. The van der Waals surface area contributed by atoms with E-state index in [-0.39, 0.29) is 35.6 Å². The van der Waals surface area contributed by atoms with Gasteiger partial charge in [-0.3, -0.25) is 29.8 Å². The van der Waals surface area contributed by atoms with Crippen molar-refractivity contribution in [3.63, 3.8) is 0 Å². The van der Waals surface area contributed by atoms with Crippen LogP contribution in [0, 0.1) is 20.2 Å². The molecule has 0 atom stereocenters. The van der Waals surface area contributed by atoms with E-state index in [0.717, 1.165) is 12.1 Å². The maximum absolute atomic E-state index is 12.0. The third-order valence-corrected chi connectivity index (χ3v) is 3.63. The quantitative estimate of drug-likeness (QED) is 0.448. The van der Waals surface area contributed by atoms with Crippen molar-refractivity contribution in [2.24, 2.45) is 0 Å². The highest BCUT2D eigenvalue weighted by Crippen LogP contribution is 2.13. The van der Waals surface area contributed by atoms with Crippen LogP contribution in [0.1, 0.15) is 20.7 Å². The Morgan fingerprint density at radius 3 is 1.61 bits per heavy atom. The average molecular weight is 388 g/mol. The zero-order valence-corrected chi connectivity index (χ0v) is 14.4. The van der Waals surface area contributed by atoms with Crippen LogP contribution in [0.4, 0.5) is 11.4 Å². The fraction of sp³-hybridized carbons (Fsp3) is 0.176. The number of carbonyl (C=O) groups is 2. The molecule has 0 aromatic heterocycles. The summed E-state index contributed by atoms with van der Waals surface area (Å²) >= 11 is 0. The summed E-state index contributed by atoms with van der Waals surface area (Å²) in [5.74, 6) is -1.24. The van der Waals surface area contributed by atoms with Crippen molar-refractivity contribution in [3.8, 4) is 0 Å². The molecule has 0 radical (unpaired) electrons. The summed E-state index contributed by atoms with van der Waals surface area (Å²) in [6.45, 7) is -0.423. The minimum Gasteiger partial charge on any atom is -0.389 e. The van der Waals surface area contributed by atoms with Crippen molar-refractivity contribution < 1.29 is 24.5 Å². The van der Waals surface area contributed by atoms with Crippen LogP contribution >= 0.6 is 0 Å². The maximum Gasteiger partial charge on any atom is 0.270 e. The van der Waals surface area contributed by atoms with Crippen molar-refractivity contribution in [2.45, 2.75) is 6.10 Å². The number of hydrogen-bond donors (Lipinski definition) is 3. The molecule has 146 valence electrons. The first kappa shape index (κ1) is 20.5. The third kappa shape index (κ3) is 5.57. The van der Waals surface area contributed by atoms with E-state index in [1.54, 1.807) is 0 Å². The molecular formula is C17H16N4O7. The third-order valence-electron chi connectivity index (χ3n) is 3.63. The highest BCUT2D eigenvalue weighted by Gasteiger charge is 2.15. The van der Waals surface area contributed by atoms with Gasteiger partial charge in [0, 0.05) is 48.5 Å². The average Bonchev–Trinajstić information content (AvgIpc) is 2.70. The van der Waals surface area contributed by atoms with Gasteiger partial charge in [-0.15, -0.1) is 0 Å². The Balaban J connectivity index is 1.84. The summed E-state index contributed by atoms with van der Waals surface area (Å²) in [5.41, 5.74) is -0.362. The van der Waals surface area contributed by atoms with Gasteiger partial charge in [0.05, 0.1) is 16.0 Å². The van der Waals surface area contributed by atoms with E-state index in [1.165, 1.54) is 36.4 Å². The van der Waals surface area contributed by atoms with Gasteiger partial charge in [0.25, 0.3) is 23.2 Å². The molecule has 11 nitrogen and oxygen atoms in total. The molecule has 2 aromatic carbocycles. The number of amides is 2. The van der Waals surface area contributed by atoms with Crippen molar-refractivity contribution in [1.29, 1.82) is 0 Å². The SMILES string of the molecule is O=C(NCC(O)CNC(=O)c1cccc([N+](=O)[O-])c1)c1cccc([N+](=O)[O-])c1. The van der Waals surface area contributed by atoms with E-state index >= 15 is 0 Å². The number of benzene rings is 2. The monoisotopic (exact) mass is 388 g/mol. The number of rotatable bonds is 8. The van der Waals surface area contributed by atoms with Crippen LogP contribution in [-0.4, -0.2) is 46.0 Å². The van der Waals surface area contributed by atoms with Crippen LogP contribution < -0.4 is 10.6 Å². The van der Waals surface area contributed by atoms with E-state index in [0.29, 0.717) is 0 Å². The predicted molar refractivity (Wildman–Crippen MR) is 96.9 cm³/mol. The molecule has 0 unspecified atom stereocenters. The molecule has 0 spiro atoms. The van der Waals surface area contributed by atoms with Gasteiger partial charge >= 0.3 is 0 Å². The molecule has 0 aliphatic carbocycles. The minimum absolute atomic E-state index is 0.0574. The second-order valence-electron chi connectivity index (χ2n) is 5.69. The van der Waals surface area contributed by atoms with Gasteiger partial charge in [-0.05, 0) is 12.1 Å². The number of carbonyl (C=O) groups excluding carboxylic acids is 2. The number of nitro groups is 2. The second-order valence-corrected chi connectivity index (χ2v) is 5.69. The molecule has 2 aromatic rings. The van der Waals surface area contributed by atoms with Gasteiger partial charge in [-0.25, -0.2) is 0 Å². The smallest absolute Gasteiger partial charge is 0.270 e. The summed E-state index contributed by atoms with van der Waals surface area (Å²) in [4.78, 5) is 44.2. The van der Waals surface area contributed by atoms with Crippen LogP contribution in [0.15, 0.2) is 48.5 Å². The predicted octanol–water partition coefficient (Wildman–Crippen LogP) is 1.02. The molecule has 0 aliphatic heterocycles. The van der Waals surface area contributed by atoms with Crippen LogP contribution in [0.3, 0.4) is 0 Å². The number of aliphatic hydroxyl groups excluding tert-OH is 1. The summed E-state index contributed by atoms with van der Waals surface area (Å²) in [5, 5.41) is 36.1. The topological polar surface area (TPSA) is 165 Å². The van der Waals surface area contributed by atoms with E-state index in [9.17, 15) is 34.9 Å². The van der Waals surface area contributed by atoms with Gasteiger partial charge in [0.2, 0.25) is 0 Å². The standard InChI is InChI=1S/C17H16N4O7/c22-15(9-18-16(23)11-3-1-5-13(7-11)20(25)26)10-19-17(24)12-4-2-6-14(8-12)21(27)28/h1-8,15,22H,9-10H2,(H,18,23)(H,19,24). The fourth-order valence-corrected chi connectivity index (χ4v) is 2.22. The van der Waals surface area contributed by atoms with Crippen molar-refractivity contribution in [3.05, 3.63) is 79.9 Å². The lowest BCUT2D eigenvalue weighted by Gasteiger charge is -2.13. The zero-order valence-electron chi connectivity index (χ0n) is 14.4. The maximum atomic E-state index is 12.0. The van der Waals surface area contributed by atoms with Gasteiger partial charge in [0.1, 0.15) is 0 Å². The van der Waals surface area contributed by atoms with Gasteiger partial charge in [-0.1, -0.05) is 12.1 Å². The Morgan fingerprint density at radius 1 is 0.857 bits per heavy atom. The van der Waals surface area contributed by atoms with Crippen LogP contribution in [0.25, 0.3) is 0 Å². The zero-order chi connectivity index (χ0) is 20.7. The van der Waals surface area contributed by atoms with E-state index in [4.69, 9.17) is 0 Å². The molecular weight excluding hydrogens is 372 g/mol. The highest BCUT2D eigenvalue weighted by molar-refractivity contribution is 5.95. The number of nitro benzene ring substituents is 2. The Labute approximate surface area is 158 Å². The molecule has 0 fully saturated rings. The number of nitrogens with one attached hydrogen (secondary N) is 2. The first-order valence-corrected chi connectivity index (χ1v) is 8.01. The van der Waals surface area contributed by atoms with Crippen molar-refractivity contribution >= 4 is 23.2 Å². The first-order valence-electron chi connectivity index (χ1n) is 8.01. The Kier molecular flexibility index (Phi) is 6.71. The van der Waals surface area contributed by atoms with Crippen LogP contribution in [0.2, 0.25) is 0 Å². The lowest BCUT2D eigenvalue weighted by molar-refractivity contribution is -0.385. The molecule has 0 aliphatic rings. The van der Waals surface area contributed by atoms with Crippen molar-refractivity contribution in [2.75, 3.05) is 13.1 Å². The van der Waals surface area contributed by atoms with E-state index < -0.39 is 27.8 Å². The first-order chi connectivity index (χ1) is 13.3. The summed E-state index contributed by atoms with van der Waals surface area (Å²) in [7, 11) is 0. The van der Waals surface area contributed by atoms with Gasteiger partial charge < -0.3 is 15.7 Å². The van der Waals surface area contributed by atoms with Crippen LogP contribution in [0.5, 0.6) is 0 Å². The van der Waals surface area contributed by atoms with Crippen LogP contribution in [-0.2, 0) is 0 Å². The molecule has 0 bridgehead atoms. The molecule has 2 amide bonds. The van der Waals surface area contributed by atoms with Gasteiger partial charge in [-0.2, -0.15) is 0 Å². The van der Waals surface area contributed by atoms with E-state index in [1.807, 2.05) is 0 Å². The minimum atomic E-state index is -1.13. The number of hydrogen-bond acceptors (Lipinski definition) is 7. The molecule has 2 rings (SSSR count). The Bertz CT molecular complexity index is 842. The van der Waals surface area contributed by atoms with Crippen molar-refractivity contribution in [1.82, 2.24) is 10.6 Å². The Hall–Kier alpha value is -3.86. The summed E-state index contributed by atoms with van der Waals surface area (Å²) < 4.78 is 0. The van der Waals surface area contributed by atoms with E-state index in [2.05, 4.69) is 10.6 Å². The molecule has 0 saturated heterocycles. The number of non-ortho nitro benzene ring substituents is 2.